The van der Waals surface area contributed by atoms with Gasteiger partial charge in [-0.2, -0.15) is 5.26 Å². The molecule has 10 heteroatoms. The molecule has 0 spiro atoms. The van der Waals surface area contributed by atoms with Crippen molar-refractivity contribution >= 4 is 29.1 Å². The molecule has 2 aromatic rings. The highest BCUT2D eigenvalue weighted by Crippen LogP contribution is 2.29. The number of halogens is 1. The molecule has 1 unspecified atom stereocenters. The first-order valence-electron chi connectivity index (χ1n) is 13.6. The number of aliphatic hydroxyl groups is 1. The lowest BCUT2D eigenvalue weighted by Gasteiger charge is -2.45. The standard InChI is InChI=1S/C28H40ClN7O2/c1-3-7-23(9-6-5-8-20-10-12-21(18-30)13-11-20)36-16-15-35(19-22(36)4-2)27-25(29)33-24(26(31)34-27)28(38)32-14-17-37/h10-13,22-23,37H,3-9,14-17,19H2,1-2H3,(H2,31,34)(H,32,38)/t22-,23?/m0/s1. The van der Waals surface area contributed by atoms with E-state index in [-0.39, 0.29) is 29.8 Å². The van der Waals surface area contributed by atoms with Gasteiger partial charge in [-0.05, 0) is 49.8 Å². The smallest absolute Gasteiger partial charge is 0.273 e. The Hall–Kier alpha value is -2.93. The average Bonchev–Trinajstić information content (AvgIpc) is 2.94. The van der Waals surface area contributed by atoms with Crippen LogP contribution in [-0.4, -0.2) is 70.8 Å². The molecule has 0 aliphatic carbocycles. The molecule has 2 atom stereocenters. The first-order chi connectivity index (χ1) is 18.4. The number of aromatic nitrogens is 2. The van der Waals surface area contributed by atoms with Gasteiger partial charge in [0.15, 0.2) is 22.5 Å². The zero-order valence-electron chi connectivity index (χ0n) is 22.5. The number of nitrogen functional groups attached to an aromatic ring is 1. The Morgan fingerprint density at radius 1 is 1.24 bits per heavy atom. The topological polar surface area (TPSA) is 131 Å². The van der Waals surface area contributed by atoms with Crippen molar-refractivity contribution in [3.8, 4) is 6.07 Å². The SMILES string of the molecule is CCCC(CCCCc1ccc(C#N)cc1)N1CCN(c2nc(N)c(C(=O)NCCO)nc2Cl)C[C@@H]1CC. The first kappa shape index (κ1) is 29.6. The number of carbonyl (C=O) groups excluding carboxylic acids is 1. The van der Waals surface area contributed by atoms with Crippen molar-refractivity contribution < 1.29 is 9.90 Å². The molecule has 0 saturated carbocycles. The van der Waals surface area contributed by atoms with Crippen molar-refractivity contribution in [2.45, 2.75) is 70.9 Å². The van der Waals surface area contributed by atoms with Crippen molar-refractivity contribution in [3.63, 3.8) is 0 Å². The zero-order chi connectivity index (χ0) is 27.5. The van der Waals surface area contributed by atoms with E-state index in [4.69, 9.17) is 27.7 Å². The Balaban J connectivity index is 1.61. The van der Waals surface area contributed by atoms with Crippen LogP contribution >= 0.6 is 11.6 Å². The monoisotopic (exact) mass is 541 g/mol. The van der Waals surface area contributed by atoms with Crippen LogP contribution in [0.15, 0.2) is 24.3 Å². The summed E-state index contributed by atoms with van der Waals surface area (Å²) in [5, 5.41) is 20.6. The number of aliphatic hydroxyl groups excluding tert-OH is 1. The number of piperazine rings is 1. The number of nitrogens with one attached hydrogen (secondary N) is 1. The average molecular weight is 542 g/mol. The van der Waals surface area contributed by atoms with Crippen molar-refractivity contribution in [1.29, 1.82) is 5.26 Å². The predicted molar refractivity (Wildman–Crippen MR) is 151 cm³/mol. The zero-order valence-corrected chi connectivity index (χ0v) is 23.3. The minimum Gasteiger partial charge on any atom is -0.395 e. The van der Waals surface area contributed by atoms with Gasteiger partial charge in [0.25, 0.3) is 5.91 Å². The van der Waals surface area contributed by atoms with Crippen LogP contribution in [-0.2, 0) is 6.42 Å². The highest BCUT2D eigenvalue weighted by molar-refractivity contribution is 6.32. The minimum atomic E-state index is -0.504. The Labute approximate surface area is 231 Å². The maximum Gasteiger partial charge on any atom is 0.273 e. The number of nitrogens with two attached hydrogens (primary N) is 1. The van der Waals surface area contributed by atoms with Gasteiger partial charge in [-0.1, -0.05) is 50.4 Å². The molecule has 1 amide bonds. The summed E-state index contributed by atoms with van der Waals surface area (Å²) in [6, 6.07) is 11.0. The van der Waals surface area contributed by atoms with Gasteiger partial charge >= 0.3 is 0 Å². The number of hydrogen-bond acceptors (Lipinski definition) is 8. The molecule has 4 N–H and O–H groups in total. The number of amides is 1. The molecule has 1 aliphatic rings. The van der Waals surface area contributed by atoms with Gasteiger partial charge < -0.3 is 21.1 Å². The summed E-state index contributed by atoms with van der Waals surface area (Å²) in [5.74, 6) is 0.0345. The van der Waals surface area contributed by atoms with Gasteiger partial charge in [-0.25, -0.2) is 9.97 Å². The summed E-state index contributed by atoms with van der Waals surface area (Å²) in [5.41, 5.74) is 8.03. The van der Waals surface area contributed by atoms with Crippen LogP contribution in [0.3, 0.4) is 0 Å². The molecule has 0 radical (unpaired) electrons. The number of unbranched alkanes of at least 4 members (excludes halogenated alkanes) is 1. The lowest BCUT2D eigenvalue weighted by atomic mass is 9.97. The number of nitrogens with zero attached hydrogens (tertiary/aromatic N) is 5. The molecule has 38 heavy (non-hydrogen) atoms. The van der Waals surface area contributed by atoms with Gasteiger partial charge in [0.1, 0.15) is 0 Å². The third-order valence-corrected chi connectivity index (χ3v) is 7.46. The van der Waals surface area contributed by atoms with E-state index in [0.29, 0.717) is 23.5 Å². The van der Waals surface area contributed by atoms with E-state index >= 15 is 0 Å². The Kier molecular flexibility index (Phi) is 11.6. The summed E-state index contributed by atoms with van der Waals surface area (Å²) in [6.45, 7) is 6.81. The third kappa shape index (κ3) is 7.79. The molecule has 1 saturated heterocycles. The van der Waals surface area contributed by atoms with Crippen LogP contribution in [0.1, 0.15) is 74.0 Å². The summed E-state index contributed by atoms with van der Waals surface area (Å²) < 4.78 is 0. The third-order valence-electron chi connectivity index (χ3n) is 7.20. The van der Waals surface area contributed by atoms with Crippen LogP contribution < -0.4 is 16.0 Å². The van der Waals surface area contributed by atoms with Gasteiger partial charge in [0.05, 0.1) is 18.2 Å². The van der Waals surface area contributed by atoms with Crippen molar-refractivity contribution in [2.75, 3.05) is 43.4 Å². The number of benzene rings is 1. The second kappa shape index (κ2) is 14.9. The summed E-state index contributed by atoms with van der Waals surface area (Å²) in [4.78, 5) is 25.7. The highest BCUT2D eigenvalue weighted by atomic mass is 35.5. The van der Waals surface area contributed by atoms with Gasteiger partial charge in [0, 0.05) is 38.3 Å². The molecular formula is C28H40ClN7O2. The van der Waals surface area contributed by atoms with Crippen molar-refractivity contribution in [1.82, 2.24) is 20.2 Å². The van der Waals surface area contributed by atoms with E-state index in [1.807, 2.05) is 12.1 Å². The predicted octanol–water partition coefficient (Wildman–Crippen LogP) is 3.79. The first-order valence-corrected chi connectivity index (χ1v) is 14.0. The van der Waals surface area contributed by atoms with Crippen LogP contribution in [0.2, 0.25) is 5.15 Å². The Bertz CT molecular complexity index is 1090. The number of hydrogen-bond donors (Lipinski definition) is 3. The second-order valence-corrected chi connectivity index (χ2v) is 10.2. The molecule has 3 rings (SSSR count). The molecule has 1 fully saturated rings. The number of rotatable bonds is 13. The Morgan fingerprint density at radius 3 is 2.66 bits per heavy atom. The second-order valence-electron chi connectivity index (χ2n) is 9.79. The normalized spacial score (nSPS) is 16.7. The number of aryl methyl sites for hydroxylation is 1. The molecule has 2 heterocycles. The van der Waals surface area contributed by atoms with Gasteiger partial charge in [-0.15, -0.1) is 0 Å². The van der Waals surface area contributed by atoms with Gasteiger partial charge in [-0.3, -0.25) is 9.69 Å². The Morgan fingerprint density at radius 2 is 2.00 bits per heavy atom. The molecule has 1 aliphatic heterocycles. The van der Waals surface area contributed by atoms with E-state index in [1.165, 1.54) is 12.0 Å². The van der Waals surface area contributed by atoms with Crippen LogP contribution in [0, 0.1) is 11.3 Å². The van der Waals surface area contributed by atoms with E-state index in [2.05, 4.69) is 57.1 Å². The number of anilines is 2. The quantitative estimate of drug-likeness (QED) is 0.326. The highest BCUT2D eigenvalue weighted by Gasteiger charge is 2.32. The molecule has 1 aromatic carbocycles. The van der Waals surface area contributed by atoms with E-state index < -0.39 is 5.91 Å². The fourth-order valence-electron chi connectivity index (χ4n) is 5.21. The largest absolute Gasteiger partial charge is 0.395 e. The van der Waals surface area contributed by atoms with Crippen LogP contribution in [0.25, 0.3) is 0 Å². The van der Waals surface area contributed by atoms with Crippen molar-refractivity contribution in [3.05, 3.63) is 46.2 Å². The lowest BCUT2D eigenvalue weighted by Crippen LogP contribution is -2.56. The summed E-state index contributed by atoms with van der Waals surface area (Å²) in [6.07, 6.45) is 7.79. The maximum atomic E-state index is 12.3. The minimum absolute atomic E-state index is 0.0260. The van der Waals surface area contributed by atoms with E-state index in [9.17, 15) is 4.79 Å². The molecular weight excluding hydrogens is 502 g/mol. The molecule has 0 bridgehead atoms. The lowest BCUT2D eigenvalue weighted by molar-refractivity contribution is 0.0940. The van der Waals surface area contributed by atoms with E-state index in [0.717, 1.165) is 58.2 Å². The fourth-order valence-corrected chi connectivity index (χ4v) is 5.46. The fraction of sp³-hybridized carbons (Fsp3) is 0.571. The van der Waals surface area contributed by atoms with Crippen LogP contribution in [0.4, 0.5) is 11.6 Å². The number of nitriles is 1. The summed E-state index contributed by atoms with van der Waals surface area (Å²) in [7, 11) is 0. The summed E-state index contributed by atoms with van der Waals surface area (Å²) >= 11 is 6.47. The molecule has 206 valence electrons. The molecule has 1 aromatic heterocycles. The number of carbonyl (C=O) groups is 1. The van der Waals surface area contributed by atoms with Gasteiger partial charge in [0.2, 0.25) is 0 Å². The molecule has 9 nitrogen and oxygen atoms in total. The van der Waals surface area contributed by atoms with Crippen LogP contribution in [0.5, 0.6) is 0 Å². The van der Waals surface area contributed by atoms with Crippen molar-refractivity contribution in [2.24, 2.45) is 0 Å². The van der Waals surface area contributed by atoms with E-state index in [1.54, 1.807) is 0 Å². The maximum absolute atomic E-state index is 12.3.